The van der Waals surface area contributed by atoms with E-state index in [-0.39, 0.29) is 18.2 Å². The zero-order valence-corrected chi connectivity index (χ0v) is 11.5. The van der Waals surface area contributed by atoms with Gasteiger partial charge in [0.25, 0.3) is 0 Å². The van der Waals surface area contributed by atoms with E-state index in [2.05, 4.69) is 5.32 Å². The van der Waals surface area contributed by atoms with Gasteiger partial charge >= 0.3 is 5.97 Å². The van der Waals surface area contributed by atoms with Gasteiger partial charge in [-0.1, -0.05) is 31.2 Å². The molecule has 0 bridgehead atoms. The summed E-state index contributed by atoms with van der Waals surface area (Å²) in [4.78, 5) is 22.1. The summed E-state index contributed by atoms with van der Waals surface area (Å²) in [7, 11) is 0. The Morgan fingerprint density at radius 1 is 1.32 bits per heavy atom. The van der Waals surface area contributed by atoms with Crippen molar-refractivity contribution >= 4 is 11.9 Å². The molecule has 0 radical (unpaired) electrons. The smallest absolute Gasteiger partial charge is 0.303 e. The molecule has 0 fully saturated rings. The first-order valence-corrected chi connectivity index (χ1v) is 6.54. The van der Waals surface area contributed by atoms with Gasteiger partial charge in [-0.15, -0.1) is 0 Å². The lowest BCUT2D eigenvalue weighted by atomic mass is 9.93. The van der Waals surface area contributed by atoms with Crippen molar-refractivity contribution in [2.75, 3.05) is 6.54 Å². The number of carbonyl (C=O) groups is 2. The van der Waals surface area contributed by atoms with Crippen LogP contribution in [0.2, 0.25) is 0 Å². The number of rotatable bonds is 7. The molecule has 4 nitrogen and oxygen atoms in total. The third kappa shape index (κ3) is 5.55. The van der Waals surface area contributed by atoms with E-state index in [1.165, 1.54) is 11.1 Å². The Bertz CT molecular complexity index is 443. The number of carboxylic acid groups (broad SMARTS) is 1. The quantitative estimate of drug-likeness (QED) is 0.743. The number of hydrogen-bond acceptors (Lipinski definition) is 2. The number of aliphatic carboxylic acids is 1. The predicted molar refractivity (Wildman–Crippen MR) is 74.1 cm³/mol. The summed E-state index contributed by atoms with van der Waals surface area (Å²) >= 11 is 0. The first-order chi connectivity index (χ1) is 9.00. The maximum Gasteiger partial charge on any atom is 0.303 e. The first-order valence-electron chi connectivity index (χ1n) is 6.54. The fourth-order valence-electron chi connectivity index (χ4n) is 2.07. The number of aryl methyl sites for hydroxylation is 1. The number of amides is 1. The molecule has 104 valence electrons. The third-order valence-corrected chi connectivity index (χ3v) is 3.10. The molecule has 0 unspecified atom stereocenters. The van der Waals surface area contributed by atoms with E-state index in [0.29, 0.717) is 19.4 Å². The summed E-state index contributed by atoms with van der Waals surface area (Å²) in [6.45, 7) is 4.49. The molecule has 0 aliphatic rings. The summed E-state index contributed by atoms with van der Waals surface area (Å²) in [6.07, 6.45) is 0.991. The average molecular weight is 263 g/mol. The molecule has 19 heavy (non-hydrogen) atoms. The van der Waals surface area contributed by atoms with E-state index in [1.54, 1.807) is 0 Å². The highest BCUT2D eigenvalue weighted by Crippen LogP contribution is 2.21. The number of nitrogens with one attached hydrogen (secondary N) is 1. The van der Waals surface area contributed by atoms with E-state index in [4.69, 9.17) is 5.11 Å². The minimum atomic E-state index is -0.831. The molecule has 0 aliphatic carbocycles. The first kappa shape index (κ1) is 15.2. The van der Waals surface area contributed by atoms with Crippen LogP contribution >= 0.6 is 0 Å². The molecule has 0 aliphatic heterocycles. The van der Waals surface area contributed by atoms with Crippen molar-refractivity contribution in [1.29, 1.82) is 0 Å². The molecule has 0 saturated heterocycles. The lowest BCUT2D eigenvalue weighted by molar-refractivity contribution is -0.137. The molecule has 1 atom stereocenters. The fourth-order valence-corrected chi connectivity index (χ4v) is 2.07. The van der Waals surface area contributed by atoms with Gasteiger partial charge in [0.1, 0.15) is 0 Å². The van der Waals surface area contributed by atoms with Gasteiger partial charge in [0.15, 0.2) is 0 Å². The highest BCUT2D eigenvalue weighted by Gasteiger charge is 2.12. The number of carboxylic acids is 1. The van der Waals surface area contributed by atoms with E-state index in [1.807, 2.05) is 38.1 Å². The molecule has 1 aromatic carbocycles. The van der Waals surface area contributed by atoms with Gasteiger partial charge in [0.05, 0.1) is 0 Å². The third-order valence-electron chi connectivity index (χ3n) is 3.10. The summed E-state index contributed by atoms with van der Waals surface area (Å²) in [5.74, 6) is -0.690. The molecule has 4 heteroatoms. The molecule has 1 rings (SSSR count). The second-order valence-corrected chi connectivity index (χ2v) is 4.81. The minimum Gasteiger partial charge on any atom is -0.481 e. The van der Waals surface area contributed by atoms with Gasteiger partial charge in [0, 0.05) is 19.4 Å². The highest BCUT2D eigenvalue weighted by molar-refractivity contribution is 5.77. The molecular formula is C15H21NO3. The monoisotopic (exact) mass is 263 g/mol. The molecular weight excluding hydrogens is 242 g/mol. The van der Waals surface area contributed by atoms with Gasteiger partial charge in [-0.25, -0.2) is 0 Å². The van der Waals surface area contributed by atoms with Gasteiger partial charge in [0.2, 0.25) is 5.91 Å². The second kappa shape index (κ2) is 7.56. The van der Waals surface area contributed by atoms with E-state index < -0.39 is 5.97 Å². The molecule has 0 heterocycles. The molecule has 0 saturated carbocycles. The summed E-state index contributed by atoms with van der Waals surface area (Å²) in [6, 6.07) is 8.04. The van der Waals surface area contributed by atoms with Crippen LogP contribution in [0.3, 0.4) is 0 Å². The fraction of sp³-hybridized carbons (Fsp3) is 0.467. The van der Waals surface area contributed by atoms with Gasteiger partial charge in [-0.2, -0.15) is 0 Å². The van der Waals surface area contributed by atoms with E-state index in [9.17, 15) is 9.59 Å². The van der Waals surface area contributed by atoms with E-state index in [0.717, 1.165) is 0 Å². The normalized spacial score (nSPS) is 11.9. The standard InChI is InChI=1S/C15H21NO3/c1-11-6-3-4-7-13(11)12(2)10-14(17)16-9-5-8-15(18)19/h3-4,6-7,12H,5,8-10H2,1-2H3,(H,16,17)(H,18,19)/t12-/m0/s1. The molecule has 0 aromatic heterocycles. The van der Waals surface area contributed by atoms with Crippen LogP contribution in [-0.4, -0.2) is 23.5 Å². The Balaban J connectivity index is 2.36. The Labute approximate surface area is 113 Å². The maximum atomic E-state index is 11.7. The van der Waals surface area contributed by atoms with Crippen LogP contribution in [-0.2, 0) is 9.59 Å². The van der Waals surface area contributed by atoms with Crippen LogP contribution in [0.4, 0.5) is 0 Å². The van der Waals surface area contributed by atoms with Crippen molar-refractivity contribution in [2.24, 2.45) is 0 Å². The van der Waals surface area contributed by atoms with Crippen molar-refractivity contribution in [2.45, 2.75) is 39.0 Å². The number of carbonyl (C=O) groups excluding carboxylic acids is 1. The van der Waals surface area contributed by atoms with Crippen molar-refractivity contribution in [3.05, 3.63) is 35.4 Å². The zero-order valence-electron chi connectivity index (χ0n) is 11.5. The Morgan fingerprint density at radius 3 is 2.63 bits per heavy atom. The number of hydrogen-bond donors (Lipinski definition) is 2. The largest absolute Gasteiger partial charge is 0.481 e. The predicted octanol–water partition coefficient (Wildman–Crippen LogP) is 2.47. The molecule has 1 aromatic rings. The Morgan fingerprint density at radius 2 is 2.00 bits per heavy atom. The summed E-state index contributed by atoms with van der Waals surface area (Å²) in [5.41, 5.74) is 2.37. The van der Waals surface area contributed by atoms with Crippen LogP contribution < -0.4 is 5.32 Å². The molecule has 2 N–H and O–H groups in total. The van der Waals surface area contributed by atoms with Gasteiger partial charge in [-0.05, 0) is 30.4 Å². The Kier molecular flexibility index (Phi) is 6.06. The minimum absolute atomic E-state index is 0.0267. The zero-order chi connectivity index (χ0) is 14.3. The van der Waals surface area contributed by atoms with Crippen LogP contribution in [0.1, 0.15) is 43.2 Å². The van der Waals surface area contributed by atoms with E-state index >= 15 is 0 Å². The molecule has 0 spiro atoms. The molecule has 1 amide bonds. The Hall–Kier alpha value is -1.84. The lowest BCUT2D eigenvalue weighted by Gasteiger charge is -2.14. The summed E-state index contributed by atoms with van der Waals surface area (Å²) in [5, 5.41) is 11.2. The van der Waals surface area contributed by atoms with Crippen LogP contribution in [0.5, 0.6) is 0 Å². The van der Waals surface area contributed by atoms with Crippen LogP contribution in [0.25, 0.3) is 0 Å². The van der Waals surface area contributed by atoms with Crippen LogP contribution in [0, 0.1) is 6.92 Å². The van der Waals surface area contributed by atoms with Crippen molar-refractivity contribution in [3.8, 4) is 0 Å². The highest BCUT2D eigenvalue weighted by atomic mass is 16.4. The van der Waals surface area contributed by atoms with Crippen molar-refractivity contribution in [1.82, 2.24) is 5.32 Å². The maximum absolute atomic E-state index is 11.7. The van der Waals surface area contributed by atoms with Crippen LogP contribution in [0.15, 0.2) is 24.3 Å². The van der Waals surface area contributed by atoms with Gasteiger partial charge in [-0.3, -0.25) is 9.59 Å². The number of benzene rings is 1. The average Bonchev–Trinajstić information content (AvgIpc) is 2.35. The topological polar surface area (TPSA) is 66.4 Å². The van der Waals surface area contributed by atoms with Crippen molar-refractivity contribution in [3.63, 3.8) is 0 Å². The summed E-state index contributed by atoms with van der Waals surface area (Å²) < 4.78 is 0. The lowest BCUT2D eigenvalue weighted by Crippen LogP contribution is -2.26. The van der Waals surface area contributed by atoms with Gasteiger partial charge < -0.3 is 10.4 Å². The van der Waals surface area contributed by atoms with Crippen molar-refractivity contribution < 1.29 is 14.7 Å². The second-order valence-electron chi connectivity index (χ2n) is 4.81. The SMILES string of the molecule is Cc1ccccc1[C@@H](C)CC(=O)NCCCC(=O)O.